The summed E-state index contributed by atoms with van der Waals surface area (Å²) in [6.07, 6.45) is 2.97. The number of nitrogens with one attached hydrogen (secondary N) is 1. The highest BCUT2D eigenvalue weighted by Crippen LogP contribution is 2.23. The van der Waals surface area contributed by atoms with Crippen LogP contribution in [-0.2, 0) is 21.2 Å². The predicted octanol–water partition coefficient (Wildman–Crippen LogP) is 4.35. The number of benzene rings is 2. The third-order valence-electron chi connectivity index (χ3n) is 4.39. The highest BCUT2D eigenvalue weighted by Gasteiger charge is 2.25. The summed E-state index contributed by atoms with van der Waals surface area (Å²) in [5.41, 5.74) is 1.24. The van der Waals surface area contributed by atoms with Gasteiger partial charge in [0.15, 0.2) is 0 Å². The Morgan fingerprint density at radius 1 is 0.963 bits per heavy atom. The number of hydrogen-bond acceptors (Lipinski definition) is 3. The molecule has 144 valence electrons. The fraction of sp³-hybridized carbons (Fsp3) is 0.316. The third-order valence-corrected chi connectivity index (χ3v) is 6.74. The van der Waals surface area contributed by atoms with Gasteiger partial charge < -0.3 is 5.32 Å². The van der Waals surface area contributed by atoms with Crippen LogP contribution in [0, 0.1) is 0 Å². The first-order chi connectivity index (χ1) is 12.8. The molecular weight excluding hydrogens is 407 g/mol. The predicted molar refractivity (Wildman–Crippen MR) is 108 cm³/mol. The van der Waals surface area contributed by atoms with E-state index in [-0.39, 0.29) is 17.2 Å². The van der Waals surface area contributed by atoms with Crippen molar-refractivity contribution in [1.29, 1.82) is 0 Å². The van der Waals surface area contributed by atoms with Crippen molar-refractivity contribution in [2.75, 3.05) is 18.4 Å². The van der Waals surface area contributed by atoms with Crippen molar-refractivity contribution < 1.29 is 13.2 Å². The number of carbonyl (C=O) groups excluding carboxylic acids is 1. The Hall–Kier alpha value is -1.60. The maximum atomic E-state index is 12.6. The van der Waals surface area contributed by atoms with Crippen molar-refractivity contribution in [1.82, 2.24) is 4.31 Å². The lowest BCUT2D eigenvalue weighted by Gasteiger charge is -2.25. The Kier molecular flexibility index (Phi) is 6.42. The monoisotopic (exact) mass is 426 g/mol. The number of sulfonamides is 1. The van der Waals surface area contributed by atoms with Crippen LogP contribution in [0.3, 0.4) is 0 Å². The minimum Gasteiger partial charge on any atom is -0.326 e. The molecule has 3 rings (SSSR count). The second kappa shape index (κ2) is 8.61. The topological polar surface area (TPSA) is 66.5 Å². The first-order valence-electron chi connectivity index (χ1n) is 8.70. The number of piperidine rings is 1. The van der Waals surface area contributed by atoms with Gasteiger partial charge in [-0.05, 0) is 48.7 Å². The van der Waals surface area contributed by atoms with E-state index in [0.29, 0.717) is 28.8 Å². The Morgan fingerprint density at radius 3 is 2.15 bits per heavy atom. The highest BCUT2D eigenvalue weighted by atomic mass is 35.5. The van der Waals surface area contributed by atoms with Crippen LogP contribution in [0.25, 0.3) is 0 Å². The van der Waals surface area contributed by atoms with E-state index in [4.69, 9.17) is 23.2 Å². The van der Waals surface area contributed by atoms with Gasteiger partial charge in [-0.3, -0.25) is 4.79 Å². The van der Waals surface area contributed by atoms with E-state index in [1.165, 1.54) is 4.31 Å². The van der Waals surface area contributed by atoms with Crippen LogP contribution in [0.4, 0.5) is 5.69 Å². The molecule has 0 aliphatic carbocycles. The average molecular weight is 427 g/mol. The molecule has 0 radical (unpaired) electrons. The average Bonchev–Trinajstić information content (AvgIpc) is 2.62. The van der Waals surface area contributed by atoms with Crippen molar-refractivity contribution in [2.45, 2.75) is 30.6 Å². The number of nitrogens with zero attached hydrogens (tertiary/aromatic N) is 1. The van der Waals surface area contributed by atoms with Gasteiger partial charge in [-0.15, -0.1) is 0 Å². The number of amides is 1. The molecule has 1 aliphatic heterocycles. The fourth-order valence-corrected chi connectivity index (χ4v) is 5.09. The Balaban J connectivity index is 1.65. The summed E-state index contributed by atoms with van der Waals surface area (Å²) in [5, 5.41) is 3.60. The van der Waals surface area contributed by atoms with Crippen molar-refractivity contribution >= 4 is 44.8 Å². The number of rotatable bonds is 5. The normalized spacial score (nSPS) is 15.5. The molecule has 1 N–H and O–H groups in total. The van der Waals surface area contributed by atoms with Gasteiger partial charge in [0.1, 0.15) is 0 Å². The largest absolute Gasteiger partial charge is 0.326 e. The van der Waals surface area contributed by atoms with E-state index in [1.807, 2.05) is 0 Å². The van der Waals surface area contributed by atoms with E-state index < -0.39 is 10.0 Å². The molecule has 1 heterocycles. The summed E-state index contributed by atoms with van der Waals surface area (Å²) in [6, 6.07) is 11.3. The molecule has 27 heavy (non-hydrogen) atoms. The number of carbonyl (C=O) groups is 1. The van der Waals surface area contributed by atoms with Crippen LogP contribution in [0.15, 0.2) is 47.4 Å². The fourth-order valence-electron chi connectivity index (χ4n) is 3.05. The maximum absolute atomic E-state index is 12.6. The second-order valence-electron chi connectivity index (χ2n) is 6.49. The highest BCUT2D eigenvalue weighted by molar-refractivity contribution is 7.89. The van der Waals surface area contributed by atoms with Crippen molar-refractivity contribution in [2.24, 2.45) is 0 Å². The number of anilines is 1. The zero-order valence-electron chi connectivity index (χ0n) is 14.6. The minimum absolute atomic E-state index is 0.119. The van der Waals surface area contributed by atoms with Crippen LogP contribution in [-0.4, -0.2) is 31.7 Å². The zero-order valence-corrected chi connectivity index (χ0v) is 16.9. The van der Waals surface area contributed by atoms with Crippen LogP contribution in [0.5, 0.6) is 0 Å². The molecule has 1 aliphatic rings. The number of halogens is 2. The standard InChI is InChI=1S/C19H20Cl2N2O3S/c20-15-11-16(21)13-17(12-15)22-19(24)10-14-4-6-18(7-5-14)27(25,26)23-8-2-1-3-9-23/h4-7,11-13H,1-3,8-10H2,(H,22,24). The molecule has 1 amide bonds. The molecule has 0 atom stereocenters. The van der Waals surface area contributed by atoms with E-state index in [0.717, 1.165) is 24.8 Å². The molecule has 5 nitrogen and oxygen atoms in total. The van der Waals surface area contributed by atoms with Crippen molar-refractivity contribution in [3.05, 3.63) is 58.1 Å². The first kappa shape index (κ1) is 20.1. The molecular formula is C19H20Cl2N2O3S. The summed E-state index contributed by atoms with van der Waals surface area (Å²) in [5.74, 6) is -0.236. The van der Waals surface area contributed by atoms with E-state index in [9.17, 15) is 13.2 Å². The van der Waals surface area contributed by atoms with E-state index in [2.05, 4.69) is 5.32 Å². The van der Waals surface area contributed by atoms with Gasteiger partial charge >= 0.3 is 0 Å². The third kappa shape index (κ3) is 5.23. The van der Waals surface area contributed by atoms with Gasteiger partial charge in [0, 0.05) is 28.8 Å². The smallest absolute Gasteiger partial charge is 0.243 e. The molecule has 0 bridgehead atoms. The summed E-state index contributed by atoms with van der Waals surface area (Å²) < 4.78 is 26.8. The van der Waals surface area contributed by atoms with Gasteiger partial charge in [-0.25, -0.2) is 8.42 Å². The molecule has 2 aromatic carbocycles. The van der Waals surface area contributed by atoms with Gasteiger partial charge in [0.2, 0.25) is 15.9 Å². The van der Waals surface area contributed by atoms with Crippen LogP contribution in [0.1, 0.15) is 24.8 Å². The molecule has 1 saturated heterocycles. The molecule has 0 unspecified atom stereocenters. The Labute approximate surface area is 169 Å². The van der Waals surface area contributed by atoms with E-state index in [1.54, 1.807) is 42.5 Å². The SMILES string of the molecule is O=C(Cc1ccc(S(=O)(=O)N2CCCCC2)cc1)Nc1cc(Cl)cc(Cl)c1. The Bertz CT molecular complexity index is 904. The Morgan fingerprint density at radius 2 is 1.56 bits per heavy atom. The van der Waals surface area contributed by atoms with Crippen molar-refractivity contribution in [3.63, 3.8) is 0 Å². The van der Waals surface area contributed by atoms with Crippen molar-refractivity contribution in [3.8, 4) is 0 Å². The summed E-state index contributed by atoms with van der Waals surface area (Å²) in [7, 11) is -3.46. The first-order valence-corrected chi connectivity index (χ1v) is 10.9. The molecule has 0 saturated carbocycles. The molecule has 1 fully saturated rings. The summed E-state index contributed by atoms with van der Waals surface area (Å²) >= 11 is 11.8. The van der Waals surface area contributed by atoms with Gasteiger partial charge in [0.25, 0.3) is 0 Å². The lowest BCUT2D eigenvalue weighted by atomic mass is 10.1. The lowest BCUT2D eigenvalue weighted by Crippen LogP contribution is -2.35. The zero-order chi connectivity index (χ0) is 19.4. The quantitative estimate of drug-likeness (QED) is 0.772. The maximum Gasteiger partial charge on any atom is 0.243 e. The van der Waals surface area contributed by atoms with Gasteiger partial charge in [0.05, 0.1) is 11.3 Å². The second-order valence-corrected chi connectivity index (χ2v) is 9.30. The molecule has 0 spiro atoms. The summed E-state index contributed by atoms with van der Waals surface area (Å²) in [6.45, 7) is 1.13. The minimum atomic E-state index is -3.46. The van der Waals surface area contributed by atoms with Crippen LogP contribution >= 0.6 is 23.2 Å². The molecule has 8 heteroatoms. The molecule has 0 aromatic heterocycles. The lowest BCUT2D eigenvalue weighted by molar-refractivity contribution is -0.115. The van der Waals surface area contributed by atoms with Crippen LogP contribution in [0.2, 0.25) is 10.0 Å². The van der Waals surface area contributed by atoms with E-state index >= 15 is 0 Å². The molecule has 2 aromatic rings. The number of hydrogen-bond donors (Lipinski definition) is 1. The summed E-state index contributed by atoms with van der Waals surface area (Å²) in [4.78, 5) is 12.5. The van der Waals surface area contributed by atoms with Crippen LogP contribution < -0.4 is 5.32 Å². The van der Waals surface area contributed by atoms with Gasteiger partial charge in [-0.1, -0.05) is 41.8 Å². The van der Waals surface area contributed by atoms with Gasteiger partial charge in [-0.2, -0.15) is 4.31 Å².